The number of nitrogens with one attached hydrogen (secondary N) is 1. The Bertz CT molecular complexity index is 796. The number of quaternary nitrogens is 1. The fourth-order valence-corrected chi connectivity index (χ4v) is 7.22. The molecule has 0 aromatic rings. The molecular formula is C44H83BrN2O4. The lowest BCUT2D eigenvalue weighted by Crippen LogP contribution is -3.00. The highest BCUT2D eigenvalue weighted by molar-refractivity contribution is 5.69. The number of nitrogens with zero attached hydrogens (tertiary/aromatic N) is 1. The van der Waals surface area contributed by atoms with E-state index in [0.717, 1.165) is 51.9 Å². The predicted molar refractivity (Wildman–Crippen MR) is 213 cm³/mol. The number of esters is 2. The molecule has 1 N–H and O–H groups in total. The number of piperazine rings is 1. The third-order valence-electron chi connectivity index (χ3n) is 10.7. The van der Waals surface area contributed by atoms with Gasteiger partial charge in [-0.15, -0.1) is 0 Å². The lowest BCUT2D eigenvalue weighted by Gasteiger charge is -2.47. The number of halogens is 1. The molecule has 2 atom stereocenters. The lowest BCUT2D eigenvalue weighted by molar-refractivity contribution is -1.00. The molecule has 0 amide bonds. The van der Waals surface area contributed by atoms with Crippen LogP contribution in [0.25, 0.3) is 0 Å². The fourth-order valence-electron chi connectivity index (χ4n) is 7.22. The fraction of sp³-hybridized carbons (Fsp3) is 0.864. The van der Waals surface area contributed by atoms with Gasteiger partial charge in [0.2, 0.25) is 12.5 Å². The van der Waals surface area contributed by atoms with Crippen LogP contribution in [0.3, 0.4) is 0 Å². The number of ether oxygens (including phenoxy) is 2. The highest BCUT2D eigenvalue weighted by Gasteiger charge is 2.44. The van der Waals surface area contributed by atoms with Crippen molar-refractivity contribution in [3.63, 3.8) is 0 Å². The third-order valence-corrected chi connectivity index (χ3v) is 10.7. The maximum absolute atomic E-state index is 12.8. The van der Waals surface area contributed by atoms with Crippen LogP contribution in [0.2, 0.25) is 0 Å². The average Bonchev–Trinajstić information content (AvgIpc) is 3.11. The Kier molecular flexibility index (Phi) is 35.0. The first-order chi connectivity index (χ1) is 24.5. The van der Waals surface area contributed by atoms with Crippen LogP contribution >= 0.6 is 0 Å². The topological polar surface area (TPSA) is 64.6 Å². The van der Waals surface area contributed by atoms with Gasteiger partial charge < -0.3 is 31.8 Å². The maximum Gasteiger partial charge on any atom is 0.310 e. The van der Waals surface area contributed by atoms with E-state index in [1.54, 1.807) is 0 Å². The number of hydrogen-bond acceptors (Lipinski definition) is 5. The molecule has 1 aliphatic heterocycles. The van der Waals surface area contributed by atoms with Crippen LogP contribution in [0.4, 0.5) is 0 Å². The molecule has 0 radical (unpaired) electrons. The Labute approximate surface area is 327 Å². The van der Waals surface area contributed by atoms with Gasteiger partial charge in [-0.05, 0) is 64.2 Å². The van der Waals surface area contributed by atoms with E-state index in [1.165, 1.54) is 141 Å². The number of allylic oxidation sites excluding steroid dienone is 4. The molecule has 1 saturated heterocycles. The molecule has 0 aromatic heterocycles. The summed E-state index contributed by atoms with van der Waals surface area (Å²) in [4.78, 5) is 25.6. The summed E-state index contributed by atoms with van der Waals surface area (Å²) in [6, 6.07) is 0. The highest BCUT2D eigenvalue weighted by atomic mass is 79.9. The minimum absolute atomic E-state index is 0. The van der Waals surface area contributed by atoms with Gasteiger partial charge in [-0.3, -0.25) is 14.1 Å². The van der Waals surface area contributed by atoms with Gasteiger partial charge in [0.1, 0.15) is 0 Å². The summed E-state index contributed by atoms with van der Waals surface area (Å²) in [6.07, 6.45) is 42.0. The zero-order valence-corrected chi connectivity index (χ0v) is 35.6. The number of hydrogen-bond donors (Lipinski definition) is 1. The number of unbranched alkanes of at least 4 members (excludes halogenated alkanes) is 22. The second-order valence-corrected chi connectivity index (χ2v) is 15.1. The highest BCUT2D eigenvalue weighted by Crippen LogP contribution is 2.24. The summed E-state index contributed by atoms with van der Waals surface area (Å²) in [6.45, 7) is 11.7. The first-order valence-electron chi connectivity index (χ1n) is 21.7. The third kappa shape index (κ3) is 27.1. The van der Waals surface area contributed by atoms with Crippen molar-refractivity contribution in [3.8, 4) is 0 Å². The Morgan fingerprint density at radius 3 is 1.14 bits per heavy atom. The molecule has 0 saturated carbocycles. The average molecular weight is 784 g/mol. The zero-order chi connectivity index (χ0) is 36.4. The summed E-state index contributed by atoms with van der Waals surface area (Å²) < 4.78 is 12.5. The summed E-state index contributed by atoms with van der Waals surface area (Å²) in [5.41, 5.74) is 0. The van der Waals surface area contributed by atoms with E-state index < -0.39 is 0 Å². The molecule has 2 unspecified atom stereocenters. The van der Waals surface area contributed by atoms with Crippen LogP contribution in [0, 0.1) is 0 Å². The predicted octanol–water partition coefficient (Wildman–Crippen LogP) is 9.26. The van der Waals surface area contributed by atoms with E-state index in [9.17, 15) is 9.59 Å². The Balaban J connectivity index is 0.0000250. The molecular weight excluding hydrogens is 700 g/mol. The van der Waals surface area contributed by atoms with Gasteiger partial charge >= 0.3 is 11.9 Å². The first kappa shape index (κ1) is 49.8. The van der Waals surface area contributed by atoms with Crippen LogP contribution in [0.1, 0.15) is 207 Å². The van der Waals surface area contributed by atoms with Gasteiger partial charge in [-0.1, -0.05) is 141 Å². The Morgan fingerprint density at radius 2 is 0.804 bits per heavy atom. The molecule has 300 valence electrons. The standard InChI is InChI=1S/C44H83N2O4.BrH/c1-5-7-9-11-13-15-17-19-21-23-25-27-29-31-33-35-43(47)49-41(3)46(39-37-45-38-40-46)42(4)50-44(48)36-34-32-30-28-26-24-22-20-18-16-14-12-10-8-6-2;/h19-22,41-42,45H,5-18,23-40H2,1-4H3;1H/q+1;/p-1. The minimum atomic E-state index is -0.338. The van der Waals surface area contributed by atoms with Crippen molar-refractivity contribution < 1.29 is 40.5 Å². The van der Waals surface area contributed by atoms with Crippen LogP contribution in [-0.2, 0) is 19.1 Å². The molecule has 1 aliphatic rings. The van der Waals surface area contributed by atoms with Crippen molar-refractivity contribution in [2.75, 3.05) is 26.2 Å². The van der Waals surface area contributed by atoms with E-state index in [1.807, 2.05) is 13.8 Å². The second-order valence-electron chi connectivity index (χ2n) is 15.1. The smallest absolute Gasteiger partial charge is 0.310 e. The maximum atomic E-state index is 12.8. The summed E-state index contributed by atoms with van der Waals surface area (Å²) >= 11 is 0. The zero-order valence-electron chi connectivity index (χ0n) is 34.0. The summed E-state index contributed by atoms with van der Waals surface area (Å²) in [5, 5.41) is 3.42. The van der Waals surface area contributed by atoms with Crippen molar-refractivity contribution in [2.45, 2.75) is 220 Å². The van der Waals surface area contributed by atoms with Crippen molar-refractivity contribution in [3.05, 3.63) is 24.3 Å². The van der Waals surface area contributed by atoms with E-state index in [4.69, 9.17) is 9.47 Å². The van der Waals surface area contributed by atoms with E-state index in [-0.39, 0.29) is 41.4 Å². The molecule has 51 heavy (non-hydrogen) atoms. The van der Waals surface area contributed by atoms with Crippen molar-refractivity contribution in [1.82, 2.24) is 5.32 Å². The summed E-state index contributed by atoms with van der Waals surface area (Å²) in [7, 11) is 0. The Morgan fingerprint density at radius 1 is 0.510 bits per heavy atom. The molecule has 1 fully saturated rings. The molecule has 0 aliphatic carbocycles. The monoisotopic (exact) mass is 783 g/mol. The number of carbonyl (C=O) groups excluding carboxylic acids is 2. The summed E-state index contributed by atoms with van der Waals surface area (Å²) in [5.74, 6) is -0.254. The molecule has 0 bridgehead atoms. The molecule has 1 rings (SSSR count). The largest absolute Gasteiger partial charge is 1.00 e. The quantitative estimate of drug-likeness (QED) is 0.0305. The van der Waals surface area contributed by atoms with Crippen molar-refractivity contribution >= 4 is 11.9 Å². The lowest BCUT2D eigenvalue weighted by atomic mass is 10.1. The molecule has 7 heteroatoms. The number of rotatable bonds is 34. The van der Waals surface area contributed by atoms with Gasteiger partial charge in [0, 0.05) is 39.8 Å². The van der Waals surface area contributed by atoms with Gasteiger partial charge in [0.25, 0.3) is 0 Å². The van der Waals surface area contributed by atoms with E-state index in [0.29, 0.717) is 17.3 Å². The van der Waals surface area contributed by atoms with Crippen molar-refractivity contribution in [2.24, 2.45) is 0 Å². The van der Waals surface area contributed by atoms with Crippen LogP contribution in [0.5, 0.6) is 0 Å². The second kappa shape index (κ2) is 35.8. The normalized spacial score (nSPS) is 15.5. The first-order valence-corrected chi connectivity index (χ1v) is 21.7. The van der Waals surface area contributed by atoms with Gasteiger partial charge in [0.05, 0.1) is 13.1 Å². The van der Waals surface area contributed by atoms with E-state index in [2.05, 4.69) is 43.5 Å². The van der Waals surface area contributed by atoms with Crippen LogP contribution in [0.15, 0.2) is 24.3 Å². The SMILES string of the molecule is CCCCCCCCC=CCCCCCCCC(=O)OC(C)[N+]1(C(C)OC(=O)CCCCCCCC=CCCCCCCCC)CCNCC1.[Br-]. The Hall–Kier alpha value is -1.18. The van der Waals surface area contributed by atoms with E-state index >= 15 is 0 Å². The molecule has 6 nitrogen and oxygen atoms in total. The van der Waals surface area contributed by atoms with Gasteiger partial charge in [-0.25, -0.2) is 0 Å². The van der Waals surface area contributed by atoms with Gasteiger partial charge in [-0.2, -0.15) is 0 Å². The van der Waals surface area contributed by atoms with Gasteiger partial charge in [0.15, 0.2) is 0 Å². The van der Waals surface area contributed by atoms with Crippen LogP contribution < -0.4 is 22.3 Å². The minimum Gasteiger partial charge on any atom is -1.00 e. The molecule has 0 spiro atoms. The molecule has 0 aromatic carbocycles. The van der Waals surface area contributed by atoms with Crippen LogP contribution in [-0.4, -0.2) is 55.1 Å². The number of carbonyl (C=O) groups is 2. The van der Waals surface area contributed by atoms with Crippen molar-refractivity contribution in [1.29, 1.82) is 0 Å². The molecule has 1 heterocycles.